The van der Waals surface area contributed by atoms with Crippen molar-refractivity contribution in [1.82, 2.24) is 5.32 Å². The number of carbonyl (C=O) groups excluding carboxylic acids is 3. The van der Waals surface area contributed by atoms with E-state index in [-0.39, 0.29) is 23.7 Å². The Balaban J connectivity index is 1.94. The lowest BCUT2D eigenvalue weighted by atomic mass is 9.51. The van der Waals surface area contributed by atoms with Gasteiger partial charge in [0, 0.05) is 30.7 Å². The Bertz CT molecular complexity index is 1140. The Labute approximate surface area is 218 Å². The standard InChI is InChI=1S/C30H37NO6/c1-17-10-9-13-22-26(33)19(3)18(2)25-23(16-21-11-7-6-8-12-21)31-28(35)30(22,25)24(37-20(4)32)14-15-29(5,36)27(17)34/h6-9,11-15,17-18,22-26,33,36H,3,10,16H2,1-2,4-5H3,(H,31,35)/b13-9-,15-14-/t17-,18+,22-,23-,24?,25-,26+,29+,30?/m1/s1. The molecular weight excluding hydrogens is 470 g/mol. The monoisotopic (exact) mass is 507 g/mol. The van der Waals surface area contributed by atoms with Crippen LogP contribution in [-0.4, -0.2) is 51.7 Å². The summed E-state index contributed by atoms with van der Waals surface area (Å²) in [7, 11) is 0. The molecule has 1 aliphatic heterocycles. The lowest BCUT2D eigenvalue weighted by Gasteiger charge is -2.52. The van der Waals surface area contributed by atoms with Gasteiger partial charge in [-0.3, -0.25) is 14.4 Å². The molecule has 0 aromatic heterocycles. The smallest absolute Gasteiger partial charge is 0.303 e. The van der Waals surface area contributed by atoms with E-state index in [9.17, 15) is 24.6 Å². The molecule has 7 heteroatoms. The molecule has 1 spiro atoms. The Hall–Kier alpha value is -3.03. The molecule has 198 valence electrons. The van der Waals surface area contributed by atoms with Gasteiger partial charge in [-0.25, -0.2) is 0 Å². The zero-order chi connectivity index (χ0) is 27.1. The molecule has 2 aliphatic carbocycles. The summed E-state index contributed by atoms with van der Waals surface area (Å²) in [5, 5.41) is 25.7. The Morgan fingerprint density at radius 1 is 1.19 bits per heavy atom. The molecule has 1 aromatic rings. The number of ketones is 1. The van der Waals surface area contributed by atoms with Crippen LogP contribution in [0.5, 0.6) is 0 Å². The van der Waals surface area contributed by atoms with E-state index in [4.69, 9.17) is 4.74 Å². The largest absolute Gasteiger partial charge is 0.457 e. The number of benzene rings is 1. The zero-order valence-corrected chi connectivity index (χ0v) is 21.9. The van der Waals surface area contributed by atoms with E-state index in [2.05, 4.69) is 11.9 Å². The van der Waals surface area contributed by atoms with Crippen molar-refractivity contribution in [2.75, 3.05) is 0 Å². The number of ether oxygens (including phenoxy) is 1. The predicted molar refractivity (Wildman–Crippen MR) is 139 cm³/mol. The average Bonchev–Trinajstić information content (AvgIpc) is 3.13. The summed E-state index contributed by atoms with van der Waals surface area (Å²) in [5.74, 6) is -3.26. The normalized spacial score (nSPS) is 41.6. The summed E-state index contributed by atoms with van der Waals surface area (Å²) in [6.07, 6.45) is 5.01. The SMILES string of the molecule is C=C1[C@H](C)[C@@H]2[C@@H](Cc3ccccc3)NC(=O)C23C(OC(C)=O)/C=C\[C@](C)(O)C(=O)[C@H](C)C/C=C\[C@@H]3[C@H]1O. The number of allylic oxidation sites excluding steroid dienone is 1. The van der Waals surface area contributed by atoms with Crippen molar-refractivity contribution >= 4 is 17.7 Å². The Kier molecular flexibility index (Phi) is 7.32. The van der Waals surface area contributed by atoms with Crippen molar-refractivity contribution in [3.8, 4) is 0 Å². The fraction of sp³-hybridized carbons (Fsp3) is 0.500. The minimum Gasteiger partial charge on any atom is -0.457 e. The molecular formula is C30H37NO6. The van der Waals surface area contributed by atoms with Gasteiger partial charge in [0.15, 0.2) is 5.78 Å². The summed E-state index contributed by atoms with van der Waals surface area (Å²) in [6.45, 7) is 10.5. The molecule has 4 rings (SSSR count). The fourth-order valence-electron chi connectivity index (χ4n) is 6.68. The molecule has 2 fully saturated rings. The molecule has 1 aromatic carbocycles. The number of rotatable bonds is 3. The van der Waals surface area contributed by atoms with Gasteiger partial charge in [-0.15, -0.1) is 0 Å². The molecule has 37 heavy (non-hydrogen) atoms. The lowest BCUT2D eigenvalue weighted by Crippen LogP contribution is -2.60. The van der Waals surface area contributed by atoms with Crippen LogP contribution in [0.2, 0.25) is 0 Å². The van der Waals surface area contributed by atoms with Crippen LogP contribution < -0.4 is 5.32 Å². The number of aliphatic hydroxyl groups excluding tert-OH is 1. The number of esters is 1. The zero-order valence-electron chi connectivity index (χ0n) is 21.9. The third-order valence-electron chi connectivity index (χ3n) is 8.53. The summed E-state index contributed by atoms with van der Waals surface area (Å²) in [5.41, 5.74) is -1.55. The first kappa shape index (κ1) is 27.0. The van der Waals surface area contributed by atoms with Gasteiger partial charge in [-0.05, 0) is 49.0 Å². The van der Waals surface area contributed by atoms with Crippen LogP contribution in [-0.2, 0) is 25.5 Å². The highest BCUT2D eigenvalue weighted by molar-refractivity contribution is 5.91. The van der Waals surface area contributed by atoms with Crippen molar-refractivity contribution < 1.29 is 29.3 Å². The number of hydrogen-bond donors (Lipinski definition) is 3. The maximum atomic E-state index is 14.2. The third-order valence-corrected chi connectivity index (χ3v) is 8.53. The predicted octanol–water partition coefficient (Wildman–Crippen LogP) is 2.92. The average molecular weight is 508 g/mol. The van der Waals surface area contributed by atoms with E-state index in [1.807, 2.05) is 37.3 Å². The number of nitrogens with one attached hydrogen (secondary N) is 1. The summed E-state index contributed by atoms with van der Waals surface area (Å²) in [4.78, 5) is 39.5. The van der Waals surface area contributed by atoms with Gasteiger partial charge in [0.1, 0.15) is 17.1 Å². The maximum Gasteiger partial charge on any atom is 0.303 e. The highest BCUT2D eigenvalue weighted by Crippen LogP contribution is 2.58. The van der Waals surface area contributed by atoms with Crippen LogP contribution in [0.3, 0.4) is 0 Å². The highest BCUT2D eigenvalue weighted by Gasteiger charge is 2.68. The van der Waals surface area contributed by atoms with E-state index >= 15 is 0 Å². The topological polar surface area (TPSA) is 113 Å². The van der Waals surface area contributed by atoms with Crippen LogP contribution in [0.15, 0.2) is 66.8 Å². The lowest BCUT2D eigenvalue weighted by molar-refractivity contribution is -0.166. The van der Waals surface area contributed by atoms with Crippen LogP contribution in [0.25, 0.3) is 0 Å². The summed E-state index contributed by atoms with van der Waals surface area (Å²) < 4.78 is 5.81. The molecule has 7 nitrogen and oxygen atoms in total. The second kappa shape index (κ2) is 10.0. The van der Waals surface area contributed by atoms with E-state index in [1.165, 1.54) is 26.0 Å². The molecule has 1 saturated heterocycles. The first-order chi connectivity index (χ1) is 17.4. The number of Topliss-reactive ketones (excluding diaryl/α,β-unsaturated/α-hetero) is 1. The van der Waals surface area contributed by atoms with Gasteiger partial charge in [-0.2, -0.15) is 0 Å². The second-order valence-corrected chi connectivity index (χ2v) is 11.0. The molecule has 2 unspecified atom stereocenters. The Morgan fingerprint density at radius 2 is 1.86 bits per heavy atom. The quantitative estimate of drug-likeness (QED) is 0.428. The van der Waals surface area contributed by atoms with Crippen molar-refractivity contribution in [3.63, 3.8) is 0 Å². The minimum atomic E-state index is -1.82. The first-order valence-corrected chi connectivity index (χ1v) is 12.9. The molecule has 3 N–H and O–H groups in total. The molecule has 0 radical (unpaired) electrons. The maximum absolute atomic E-state index is 14.2. The highest BCUT2D eigenvalue weighted by atomic mass is 16.5. The van der Waals surface area contributed by atoms with Crippen LogP contribution in [0, 0.1) is 29.1 Å². The molecule has 9 atom stereocenters. The van der Waals surface area contributed by atoms with Gasteiger partial charge in [0.2, 0.25) is 5.91 Å². The van der Waals surface area contributed by atoms with E-state index in [0.717, 1.165) is 5.56 Å². The van der Waals surface area contributed by atoms with Gasteiger partial charge in [0.25, 0.3) is 0 Å². The van der Waals surface area contributed by atoms with Crippen molar-refractivity contribution in [2.24, 2.45) is 29.1 Å². The molecule has 0 bridgehead atoms. The van der Waals surface area contributed by atoms with Crippen molar-refractivity contribution in [2.45, 2.75) is 64.4 Å². The molecule has 1 amide bonds. The number of hydrogen-bond acceptors (Lipinski definition) is 6. The summed E-state index contributed by atoms with van der Waals surface area (Å²) >= 11 is 0. The third kappa shape index (κ3) is 4.59. The van der Waals surface area contributed by atoms with Crippen molar-refractivity contribution in [3.05, 3.63) is 72.4 Å². The number of aliphatic hydroxyl groups is 2. The van der Waals surface area contributed by atoms with Crippen LogP contribution in [0.1, 0.15) is 39.7 Å². The van der Waals surface area contributed by atoms with Gasteiger partial charge < -0.3 is 20.3 Å². The van der Waals surface area contributed by atoms with E-state index in [0.29, 0.717) is 18.4 Å². The van der Waals surface area contributed by atoms with Crippen LogP contribution >= 0.6 is 0 Å². The number of carbonyl (C=O) groups is 3. The molecule has 1 heterocycles. The van der Waals surface area contributed by atoms with Crippen LogP contribution in [0.4, 0.5) is 0 Å². The first-order valence-electron chi connectivity index (χ1n) is 12.9. The second-order valence-electron chi connectivity index (χ2n) is 11.0. The molecule has 1 saturated carbocycles. The van der Waals surface area contributed by atoms with E-state index in [1.54, 1.807) is 19.1 Å². The van der Waals surface area contributed by atoms with Crippen molar-refractivity contribution in [1.29, 1.82) is 0 Å². The van der Waals surface area contributed by atoms with E-state index < -0.39 is 46.9 Å². The number of amides is 1. The van der Waals surface area contributed by atoms with Gasteiger partial charge in [-0.1, -0.05) is 62.9 Å². The summed E-state index contributed by atoms with van der Waals surface area (Å²) in [6, 6.07) is 9.49. The molecule has 3 aliphatic rings. The van der Waals surface area contributed by atoms with Gasteiger partial charge in [0.05, 0.1) is 6.10 Å². The Morgan fingerprint density at radius 3 is 2.51 bits per heavy atom. The fourth-order valence-corrected chi connectivity index (χ4v) is 6.68. The van der Waals surface area contributed by atoms with Gasteiger partial charge >= 0.3 is 5.97 Å². The minimum absolute atomic E-state index is 0.287.